The number of aryl methyl sites for hydroxylation is 2. The maximum atomic E-state index is 6.20. The second-order valence-corrected chi connectivity index (χ2v) is 4.50. The summed E-state index contributed by atoms with van der Waals surface area (Å²) in [6.07, 6.45) is 0. The van der Waals surface area contributed by atoms with Crippen molar-refractivity contribution in [3.63, 3.8) is 0 Å². The SMILES string of the molecule is Cc1ccc(Cn2nc(C)c(C)c2Cl)cc1. The van der Waals surface area contributed by atoms with Crippen molar-refractivity contribution in [2.24, 2.45) is 0 Å². The predicted octanol–water partition coefficient (Wildman–Crippen LogP) is 3.51. The average Bonchev–Trinajstić information content (AvgIpc) is 2.50. The molecule has 3 heteroatoms. The predicted molar refractivity (Wildman–Crippen MR) is 67.0 cm³/mol. The smallest absolute Gasteiger partial charge is 0.130 e. The van der Waals surface area contributed by atoms with E-state index in [0.29, 0.717) is 0 Å². The number of benzene rings is 1. The first-order valence-corrected chi connectivity index (χ1v) is 5.71. The van der Waals surface area contributed by atoms with E-state index >= 15 is 0 Å². The number of halogens is 1. The van der Waals surface area contributed by atoms with Gasteiger partial charge in [-0.3, -0.25) is 0 Å². The van der Waals surface area contributed by atoms with Crippen LogP contribution < -0.4 is 0 Å². The standard InChI is InChI=1S/C13H15ClN2/c1-9-4-6-12(7-5-9)8-16-13(14)10(2)11(3)15-16/h4-7H,8H2,1-3H3. The van der Waals surface area contributed by atoms with Gasteiger partial charge in [-0.25, -0.2) is 4.68 Å². The van der Waals surface area contributed by atoms with Crippen LogP contribution in [0.3, 0.4) is 0 Å². The fourth-order valence-corrected chi connectivity index (χ4v) is 1.85. The molecule has 0 radical (unpaired) electrons. The van der Waals surface area contributed by atoms with Gasteiger partial charge in [0.2, 0.25) is 0 Å². The van der Waals surface area contributed by atoms with Crippen molar-refractivity contribution in [3.8, 4) is 0 Å². The molecular weight excluding hydrogens is 220 g/mol. The lowest BCUT2D eigenvalue weighted by molar-refractivity contribution is 0.680. The molecule has 0 N–H and O–H groups in total. The van der Waals surface area contributed by atoms with E-state index in [1.807, 2.05) is 18.5 Å². The number of aromatic nitrogens is 2. The zero-order chi connectivity index (χ0) is 11.7. The van der Waals surface area contributed by atoms with Crippen LogP contribution in [-0.2, 0) is 6.54 Å². The van der Waals surface area contributed by atoms with E-state index in [1.54, 1.807) is 0 Å². The summed E-state index contributed by atoms with van der Waals surface area (Å²) in [5.74, 6) is 0. The Hall–Kier alpha value is -1.28. The van der Waals surface area contributed by atoms with Crippen molar-refractivity contribution in [1.82, 2.24) is 9.78 Å². The maximum absolute atomic E-state index is 6.20. The molecule has 0 aliphatic carbocycles. The van der Waals surface area contributed by atoms with Crippen LogP contribution in [0, 0.1) is 20.8 Å². The molecule has 0 saturated carbocycles. The highest BCUT2D eigenvalue weighted by Gasteiger charge is 2.08. The van der Waals surface area contributed by atoms with Crippen molar-refractivity contribution < 1.29 is 0 Å². The molecule has 0 atom stereocenters. The van der Waals surface area contributed by atoms with E-state index < -0.39 is 0 Å². The Kier molecular flexibility index (Phi) is 3.01. The largest absolute Gasteiger partial charge is 0.249 e. The molecule has 16 heavy (non-hydrogen) atoms. The molecule has 0 amide bonds. The Morgan fingerprint density at radius 3 is 2.25 bits per heavy atom. The molecule has 2 rings (SSSR count). The summed E-state index contributed by atoms with van der Waals surface area (Å²) >= 11 is 6.20. The zero-order valence-electron chi connectivity index (χ0n) is 9.79. The first-order chi connectivity index (χ1) is 7.58. The minimum absolute atomic E-state index is 0.730. The van der Waals surface area contributed by atoms with E-state index in [1.165, 1.54) is 11.1 Å². The van der Waals surface area contributed by atoms with Gasteiger partial charge in [-0.15, -0.1) is 0 Å². The Morgan fingerprint density at radius 1 is 1.12 bits per heavy atom. The van der Waals surface area contributed by atoms with Gasteiger partial charge in [0.05, 0.1) is 12.2 Å². The summed E-state index contributed by atoms with van der Waals surface area (Å²) < 4.78 is 1.84. The molecule has 84 valence electrons. The van der Waals surface area contributed by atoms with Crippen molar-refractivity contribution >= 4 is 11.6 Å². The van der Waals surface area contributed by atoms with Gasteiger partial charge in [0.15, 0.2) is 0 Å². The molecule has 1 aromatic carbocycles. The summed E-state index contributed by atoms with van der Waals surface area (Å²) in [4.78, 5) is 0. The van der Waals surface area contributed by atoms with Crippen LogP contribution in [0.2, 0.25) is 5.15 Å². The van der Waals surface area contributed by atoms with E-state index in [-0.39, 0.29) is 0 Å². The molecule has 0 aliphatic heterocycles. The van der Waals surface area contributed by atoms with E-state index in [4.69, 9.17) is 11.6 Å². The van der Waals surface area contributed by atoms with Crippen LogP contribution in [0.4, 0.5) is 0 Å². The molecule has 2 nitrogen and oxygen atoms in total. The van der Waals surface area contributed by atoms with E-state index in [0.717, 1.165) is 23.0 Å². The number of hydrogen-bond donors (Lipinski definition) is 0. The fourth-order valence-electron chi connectivity index (χ4n) is 1.61. The summed E-state index contributed by atoms with van der Waals surface area (Å²) in [7, 11) is 0. The van der Waals surface area contributed by atoms with E-state index in [9.17, 15) is 0 Å². The molecule has 0 spiro atoms. The quantitative estimate of drug-likeness (QED) is 0.778. The zero-order valence-corrected chi connectivity index (χ0v) is 10.5. The molecule has 0 aliphatic rings. The monoisotopic (exact) mass is 234 g/mol. The topological polar surface area (TPSA) is 17.8 Å². The second-order valence-electron chi connectivity index (χ2n) is 4.14. The third-order valence-corrected chi connectivity index (χ3v) is 3.28. The van der Waals surface area contributed by atoms with Crippen LogP contribution in [0.5, 0.6) is 0 Å². The Bertz CT molecular complexity index is 497. The summed E-state index contributed by atoms with van der Waals surface area (Å²) in [5.41, 5.74) is 4.54. The van der Waals surface area contributed by atoms with Crippen LogP contribution in [-0.4, -0.2) is 9.78 Å². The Balaban J connectivity index is 2.27. The Morgan fingerprint density at radius 2 is 1.75 bits per heavy atom. The van der Waals surface area contributed by atoms with Crippen LogP contribution >= 0.6 is 11.6 Å². The average molecular weight is 235 g/mol. The lowest BCUT2D eigenvalue weighted by Gasteiger charge is -2.04. The van der Waals surface area contributed by atoms with Crippen molar-refractivity contribution in [2.75, 3.05) is 0 Å². The Labute approximate surface area is 101 Å². The molecule has 2 aromatic rings. The van der Waals surface area contributed by atoms with Gasteiger partial charge in [-0.05, 0) is 26.3 Å². The first kappa shape index (κ1) is 11.2. The van der Waals surface area contributed by atoms with Gasteiger partial charge < -0.3 is 0 Å². The van der Waals surface area contributed by atoms with E-state index in [2.05, 4.69) is 36.3 Å². The molecule has 0 bridgehead atoms. The highest BCUT2D eigenvalue weighted by molar-refractivity contribution is 6.30. The fraction of sp³-hybridized carbons (Fsp3) is 0.308. The number of hydrogen-bond acceptors (Lipinski definition) is 1. The minimum atomic E-state index is 0.730. The highest BCUT2D eigenvalue weighted by Crippen LogP contribution is 2.19. The maximum Gasteiger partial charge on any atom is 0.130 e. The first-order valence-electron chi connectivity index (χ1n) is 5.33. The van der Waals surface area contributed by atoms with Crippen LogP contribution in [0.25, 0.3) is 0 Å². The van der Waals surface area contributed by atoms with Gasteiger partial charge in [0.25, 0.3) is 0 Å². The highest BCUT2D eigenvalue weighted by atomic mass is 35.5. The molecule has 1 aromatic heterocycles. The molecule has 0 saturated heterocycles. The number of nitrogens with zero attached hydrogens (tertiary/aromatic N) is 2. The van der Waals surface area contributed by atoms with Gasteiger partial charge in [-0.1, -0.05) is 41.4 Å². The van der Waals surface area contributed by atoms with Gasteiger partial charge in [0, 0.05) is 5.56 Å². The van der Waals surface area contributed by atoms with Crippen molar-refractivity contribution in [2.45, 2.75) is 27.3 Å². The van der Waals surface area contributed by atoms with Crippen molar-refractivity contribution in [1.29, 1.82) is 0 Å². The third kappa shape index (κ3) is 2.12. The van der Waals surface area contributed by atoms with Gasteiger partial charge >= 0.3 is 0 Å². The third-order valence-electron chi connectivity index (χ3n) is 2.80. The van der Waals surface area contributed by atoms with Crippen LogP contribution in [0.15, 0.2) is 24.3 Å². The summed E-state index contributed by atoms with van der Waals surface area (Å²) in [5, 5.41) is 5.15. The molecule has 0 unspecified atom stereocenters. The molecular formula is C13H15ClN2. The second kappa shape index (κ2) is 4.30. The van der Waals surface area contributed by atoms with Gasteiger partial charge in [0.1, 0.15) is 5.15 Å². The van der Waals surface area contributed by atoms with Crippen molar-refractivity contribution in [3.05, 3.63) is 51.8 Å². The van der Waals surface area contributed by atoms with Crippen LogP contribution in [0.1, 0.15) is 22.4 Å². The summed E-state index contributed by atoms with van der Waals surface area (Å²) in [6.45, 7) is 6.79. The normalized spacial score (nSPS) is 10.8. The lowest BCUT2D eigenvalue weighted by Crippen LogP contribution is -2.02. The summed E-state index contributed by atoms with van der Waals surface area (Å²) in [6, 6.07) is 8.43. The number of rotatable bonds is 2. The molecule has 0 fully saturated rings. The van der Waals surface area contributed by atoms with Gasteiger partial charge in [-0.2, -0.15) is 5.10 Å². The lowest BCUT2D eigenvalue weighted by atomic mass is 10.1. The minimum Gasteiger partial charge on any atom is -0.249 e. The molecule has 1 heterocycles.